The summed E-state index contributed by atoms with van der Waals surface area (Å²) in [4.78, 5) is 3.77. The first kappa shape index (κ1) is 12.4. The van der Waals surface area contributed by atoms with Crippen LogP contribution in [0.4, 0.5) is 4.39 Å². The van der Waals surface area contributed by atoms with Crippen LogP contribution in [-0.2, 0) is 0 Å². The Hall–Kier alpha value is -1.04. The maximum atomic E-state index is 13.7. The van der Waals surface area contributed by atoms with Crippen LogP contribution >= 0.6 is 0 Å². The molecule has 0 spiro atoms. The third-order valence-corrected chi connectivity index (χ3v) is 3.18. The van der Waals surface area contributed by atoms with Crippen molar-refractivity contribution in [2.75, 3.05) is 0 Å². The molecule has 5 heteroatoms. The Labute approximate surface area is 101 Å². The van der Waals surface area contributed by atoms with Gasteiger partial charge in [0.1, 0.15) is 5.82 Å². The highest BCUT2D eigenvalue weighted by atomic mass is 19.1. The van der Waals surface area contributed by atoms with Crippen molar-refractivity contribution in [3.63, 3.8) is 0 Å². The summed E-state index contributed by atoms with van der Waals surface area (Å²) in [6.45, 7) is 4.29. The second-order valence-corrected chi connectivity index (χ2v) is 4.98. The summed E-state index contributed by atoms with van der Waals surface area (Å²) < 4.78 is 13.7. The van der Waals surface area contributed by atoms with E-state index in [9.17, 15) is 4.39 Å². The Kier molecular flexibility index (Phi) is 3.71. The average Bonchev–Trinajstić information content (AvgIpc) is 2.61. The summed E-state index contributed by atoms with van der Waals surface area (Å²) in [5.74, 6) is 0.432. The van der Waals surface area contributed by atoms with E-state index in [1.807, 2.05) is 0 Å². The van der Waals surface area contributed by atoms with Crippen molar-refractivity contribution in [3.8, 4) is 0 Å². The van der Waals surface area contributed by atoms with Gasteiger partial charge in [0.05, 0.1) is 18.4 Å². The summed E-state index contributed by atoms with van der Waals surface area (Å²) in [5, 5.41) is 0. The van der Waals surface area contributed by atoms with Crippen molar-refractivity contribution < 1.29 is 4.39 Å². The molecule has 3 unspecified atom stereocenters. The standard InChI is InChI=1S/C12H19FN4/c1-7(2)5-9-11(16-17-12(9)14)8-3-4-15-6-10(8)13/h3-4,6-7,9,11-12,16-17H,5,14H2,1-2H3. The molecule has 1 aliphatic heterocycles. The van der Waals surface area contributed by atoms with E-state index in [2.05, 4.69) is 29.7 Å². The van der Waals surface area contributed by atoms with Gasteiger partial charge in [-0.25, -0.2) is 15.2 Å². The van der Waals surface area contributed by atoms with E-state index in [0.29, 0.717) is 11.5 Å². The molecular weight excluding hydrogens is 219 g/mol. The number of hydrazine groups is 1. The quantitative estimate of drug-likeness (QED) is 0.743. The smallest absolute Gasteiger partial charge is 0.146 e. The van der Waals surface area contributed by atoms with Gasteiger partial charge in [-0.2, -0.15) is 0 Å². The highest BCUT2D eigenvalue weighted by Crippen LogP contribution is 2.32. The lowest BCUT2D eigenvalue weighted by atomic mass is 9.86. The number of nitrogens with zero attached hydrogens (tertiary/aromatic N) is 1. The molecular formula is C12H19FN4. The summed E-state index contributed by atoms with van der Waals surface area (Å²) in [5.41, 5.74) is 12.7. The van der Waals surface area contributed by atoms with Gasteiger partial charge in [-0.05, 0) is 18.4 Å². The topological polar surface area (TPSA) is 63.0 Å². The van der Waals surface area contributed by atoms with Crippen molar-refractivity contribution >= 4 is 0 Å². The van der Waals surface area contributed by atoms with Crippen LogP contribution in [0.1, 0.15) is 31.9 Å². The van der Waals surface area contributed by atoms with Crippen molar-refractivity contribution in [1.82, 2.24) is 15.8 Å². The number of nitrogens with one attached hydrogen (secondary N) is 2. The zero-order valence-electron chi connectivity index (χ0n) is 10.2. The minimum Gasteiger partial charge on any atom is -0.315 e. The molecule has 1 aromatic rings. The van der Waals surface area contributed by atoms with Gasteiger partial charge >= 0.3 is 0 Å². The molecule has 0 aromatic carbocycles. The molecule has 0 aliphatic carbocycles. The SMILES string of the molecule is CC(C)CC1C(N)NNC1c1ccncc1F. The predicted octanol–water partition coefficient (Wildman–Crippen LogP) is 1.32. The number of aromatic nitrogens is 1. The number of halogens is 1. The normalized spacial score (nSPS) is 28.9. The molecule has 4 nitrogen and oxygen atoms in total. The Morgan fingerprint density at radius 2 is 2.24 bits per heavy atom. The van der Waals surface area contributed by atoms with Crippen LogP contribution in [0.5, 0.6) is 0 Å². The van der Waals surface area contributed by atoms with E-state index in [0.717, 1.165) is 6.42 Å². The number of hydrogen-bond acceptors (Lipinski definition) is 4. The van der Waals surface area contributed by atoms with Gasteiger partial charge in [0, 0.05) is 17.7 Å². The molecule has 2 heterocycles. The van der Waals surface area contributed by atoms with Gasteiger partial charge in [-0.15, -0.1) is 0 Å². The Morgan fingerprint density at radius 3 is 2.88 bits per heavy atom. The zero-order chi connectivity index (χ0) is 12.4. The fourth-order valence-corrected chi connectivity index (χ4v) is 2.38. The Morgan fingerprint density at radius 1 is 1.47 bits per heavy atom. The molecule has 17 heavy (non-hydrogen) atoms. The first-order valence-corrected chi connectivity index (χ1v) is 5.95. The van der Waals surface area contributed by atoms with Crippen LogP contribution in [0.25, 0.3) is 0 Å². The third-order valence-electron chi connectivity index (χ3n) is 3.18. The van der Waals surface area contributed by atoms with Gasteiger partial charge in [0.25, 0.3) is 0 Å². The lowest BCUT2D eigenvalue weighted by molar-refractivity contribution is 0.339. The van der Waals surface area contributed by atoms with Crippen LogP contribution in [0.15, 0.2) is 18.5 Å². The third kappa shape index (κ3) is 2.62. The van der Waals surface area contributed by atoms with Gasteiger partial charge in [-0.3, -0.25) is 4.98 Å². The molecule has 0 amide bonds. The van der Waals surface area contributed by atoms with Gasteiger partial charge < -0.3 is 5.73 Å². The summed E-state index contributed by atoms with van der Waals surface area (Å²) in [6, 6.07) is 1.62. The molecule has 94 valence electrons. The van der Waals surface area contributed by atoms with Gasteiger partial charge in [-0.1, -0.05) is 13.8 Å². The number of hydrogen-bond donors (Lipinski definition) is 3. The van der Waals surface area contributed by atoms with E-state index in [4.69, 9.17) is 5.73 Å². The monoisotopic (exact) mass is 238 g/mol. The Balaban J connectivity index is 2.22. The minimum absolute atomic E-state index is 0.0876. The number of nitrogens with two attached hydrogens (primary N) is 1. The van der Waals surface area contributed by atoms with Crippen molar-refractivity contribution in [1.29, 1.82) is 0 Å². The molecule has 0 bridgehead atoms. The molecule has 0 saturated carbocycles. The minimum atomic E-state index is -0.283. The molecule has 0 radical (unpaired) electrons. The molecule has 1 fully saturated rings. The van der Waals surface area contributed by atoms with Crippen LogP contribution in [-0.4, -0.2) is 11.1 Å². The van der Waals surface area contributed by atoms with Crippen LogP contribution in [0, 0.1) is 17.7 Å². The zero-order valence-corrected chi connectivity index (χ0v) is 10.2. The second kappa shape index (κ2) is 5.08. The molecule has 1 saturated heterocycles. The molecule has 1 aliphatic rings. The lowest BCUT2D eigenvalue weighted by Gasteiger charge is -2.23. The fourth-order valence-electron chi connectivity index (χ4n) is 2.38. The first-order chi connectivity index (χ1) is 8.09. The molecule has 3 atom stereocenters. The lowest BCUT2D eigenvalue weighted by Crippen LogP contribution is -2.39. The van der Waals surface area contributed by atoms with E-state index in [1.165, 1.54) is 6.20 Å². The molecule has 1 aromatic heterocycles. The predicted molar refractivity (Wildman–Crippen MR) is 64.1 cm³/mol. The maximum Gasteiger partial charge on any atom is 0.146 e. The highest BCUT2D eigenvalue weighted by Gasteiger charge is 2.36. The molecule has 4 N–H and O–H groups in total. The maximum absolute atomic E-state index is 13.7. The van der Waals surface area contributed by atoms with Gasteiger partial charge in [0.15, 0.2) is 0 Å². The summed E-state index contributed by atoms with van der Waals surface area (Å²) >= 11 is 0. The van der Waals surface area contributed by atoms with Crippen LogP contribution in [0.3, 0.4) is 0 Å². The Bertz CT molecular complexity index is 383. The summed E-state index contributed by atoms with van der Waals surface area (Å²) in [7, 11) is 0. The van der Waals surface area contributed by atoms with E-state index in [1.54, 1.807) is 12.3 Å². The number of rotatable bonds is 3. The molecule has 2 rings (SSSR count). The highest BCUT2D eigenvalue weighted by molar-refractivity contribution is 5.20. The second-order valence-electron chi connectivity index (χ2n) is 4.98. The summed E-state index contributed by atoms with van der Waals surface area (Å²) in [6.07, 6.45) is 3.66. The van der Waals surface area contributed by atoms with Gasteiger partial charge in [0.2, 0.25) is 0 Å². The average molecular weight is 238 g/mol. The van der Waals surface area contributed by atoms with Crippen LogP contribution < -0.4 is 16.6 Å². The fraction of sp³-hybridized carbons (Fsp3) is 0.583. The van der Waals surface area contributed by atoms with Crippen molar-refractivity contribution in [2.24, 2.45) is 17.6 Å². The van der Waals surface area contributed by atoms with Crippen molar-refractivity contribution in [2.45, 2.75) is 32.5 Å². The van der Waals surface area contributed by atoms with E-state index < -0.39 is 0 Å². The van der Waals surface area contributed by atoms with E-state index >= 15 is 0 Å². The number of pyridine rings is 1. The van der Waals surface area contributed by atoms with E-state index in [-0.39, 0.29) is 23.9 Å². The van der Waals surface area contributed by atoms with Crippen molar-refractivity contribution in [3.05, 3.63) is 29.8 Å². The van der Waals surface area contributed by atoms with Crippen LogP contribution in [0.2, 0.25) is 0 Å². The largest absolute Gasteiger partial charge is 0.315 e. The first-order valence-electron chi connectivity index (χ1n) is 5.95.